The van der Waals surface area contributed by atoms with E-state index in [9.17, 15) is 4.79 Å². The molecular formula is C21H20N2O3S. The van der Waals surface area contributed by atoms with Gasteiger partial charge in [0.15, 0.2) is 11.5 Å². The molecule has 27 heavy (non-hydrogen) atoms. The Morgan fingerprint density at radius 3 is 2.78 bits per heavy atom. The third kappa shape index (κ3) is 3.04. The predicted octanol–water partition coefficient (Wildman–Crippen LogP) is 4.19. The van der Waals surface area contributed by atoms with Gasteiger partial charge >= 0.3 is 0 Å². The summed E-state index contributed by atoms with van der Waals surface area (Å²) in [4.78, 5) is 20.0. The standard InChI is InChI=1S/C21H20N2O3S/c24-21(18-13-25-16-9-2-3-10-17(16)26-18)23-12-6-5-8-15(23)20-22-14-7-1-4-11-19(14)27-20/h1-4,7,9-11,15,18H,5-6,8,12-13H2. The SMILES string of the molecule is O=C(C1COc2ccccc2O1)N1CCCCC1c1nc2ccccc2s1. The molecular weight excluding hydrogens is 360 g/mol. The molecule has 0 bridgehead atoms. The molecule has 1 saturated heterocycles. The number of aromatic nitrogens is 1. The molecule has 0 N–H and O–H groups in total. The molecule has 0 saturated carbocycles. The number of piperidine rings is 1. The number of para-hydroxylation sites is 3. The van der Waals surface area contributed by atoms with Gasteiger partial charge in [0.2, 0.25) is 6.10 Å². The highest BCUT2D eigenvalue weighted by atomic mass is 32.1. The van der Waals surface area contributed by atoms with Gasteiger partial charge in [-0.1, -0.05) is 24.3 Å². The molecule has 138 valence electrons. The number of amides is 1. The Morgan fingerprint density at radius 1 is 1.07 bits per heavy atom. The summed E-state index contributed by atoms with van der Waals surface area (Å²) in [6.45, 7) is 0.986. The van der Waals surface area contributed by atoms with Crippen LogP contribution in [-0.2, 0) is 4.79 Å². The van der Waals surface area contributed by atoms with Crippen LogP contribution in [0.25, 0.3) is 10.2 Å². The van der Waals surface area contributed by atoms with Crippen LogP contribution in [0.2, 0.25) is 0 Å². The van der Waals surface area contributed by atoms with Gasteiger partial charge in [-0.15, -0.1) is 11.3 Å². The van der Waals surface area contributed by atoms with Crippen LogP contribution in [0, 0.1) is 0 Å². The third-order valence-electron chi connectivity index (χ3n) is 5.17. The topological polar surface area (TPSA) is 51.7 Å². The van der Waals surface area contributed by atoms with Crippen LogP contribution >= 0.6 is 11.3 Å². The van der Waals surface area contributed by atoms with Crippen molar-refractivity contribution in [1.82, 2.24) is 9.88 Å². The minimum absolute atomic E-state index is 0.00606. The summed E-state index contributed by atoms with van der Waals surface area (Å²) in [5.41, 5.74) is 1.00. The molecule has 6 heteroatoms. The van der Waals surface area contributed by atoms with Crippen molar-refractivity contribution in [2.75, 3.05) is 13.2 Å². The van der Waals surface area contributed by atoms with Crippen molar-refractivity contribution in [3.63, 3.8) is 0 Å². The molecule has 1 fully saturated rings. The second-order valence-corrected chi connectivity index (χ2v) is 7.99. The molecule has 2 aliphatic rings. The van der Waals surface area contributed by atoms with E-state index >= 15 is 0 Å². The lowest BCUT2D eigenvalue weighted by atomic mass is 10.0. The van der Waals surface area contributed by atoms with Gasteiger partial charge in [0, 0.05) is 6.54 Å². The summed E-state index contributed by atoms with van der Waals surface area (Å²) in [5, 5.41) is 1.02. The van der Waals surface area contributed by atoms with Crippen LogP contribution in [0.3, 0.4) is 0 Å². The van der Waals surface area contributed by atoms with Crippen molar-refractivity contribution >= 4 is 27.5 Å². The second kappa shape index (κ2) is 6.85. The molecule has 0 spiro atoms. The van der Waals surface area contributed by atoms with Crippen LogP contribution in [0.1, 0.15) is 30.3 Å². The van der Waals surface area contributed by atoms with E-state index in [-0.39, 0.29) is 18.6 Å². The summed E-state index contributed by atoms with van der Waals surface area (Å²) in [5.74, 6) is 1.33. The van der Waals surface area contributed by atoms with Crippen molar-refractivity contribution in [3.8, 4) is 11.5 Å². The second-order valence-electron chi connectivity index (χ2n) is 6.93. The van der Waals surface area contributed by atoms with E-state index in [1.54, 1.807) is 11.3 Å². The van der Waals surface area contributed by atoms with Crippen molar-refractivity contribution in [2.45, 2.75) is 31.4 Å². The maximum Gasteiger partial charge on any atom is 0.267 e. The molecule has 5 nitrogen and oxygen atoms in total. The number of fused-ring (bicyclic) bond motifs is 2. The summed E-state index contributed by atoms with van der Waals surface area (Å²) in [6.07, 6.45) is 2.46. The predicted molar refractivity (Wildman–Crippen MR) is 104 cm³/mol. The molecule has 5 rings (SSSR count). The Morgan fingerprint density at radius 2 is 1.89 bits per heavy atom. The zero-order chi connectivity index (χ0) is 18.2. The van der Waals surface area contributed by atoms with Gasteiger partial charge in [-0.3, -0.25) is 4.79 Å². The number of ether oxygens (including phenoxy) is 2. The van der Waals surface area contributed by atoms with Gasteiger partial charge in [-0.05, 0) is 43.5 Å². The fourth-order valence-electron chi connectivity index (χ4n) is 3.81. The first-order valence-electron chi connectivity index (χ1n) is 9.34. The van der Waals surface area contributed by atoms with E-state index in [4.69, 9.17) is 14.5 Å². The van der Waals surface area contributed by atoms with E-state index in [1.807, 2.05) is 47.4 Å². The molecule has 2 aliphatic heterocycles. The zero-order valence-corrected chi connectivity index (χ0v) is 15.7. The van der Waals surface area contributed by atoms with E-state index in [1.165, 1.54) is 0 Å². The summed E-state index contributed by atoms with van der Waals surface area (Å²) in [6, 6.07) is 15.7. The third-order valence-corrected chi connectivity index (χ3v) is 6.30. The van der Waals surface area contributed by atoms with Crippen LogP contribution in [0.4, 0.5) is 0 Å². The zero-order valence-electron chi connectivity index (χ0n) is 14.8. The summed E-state index contributed by atoms with van der Waals surface area (Å²) >= 11 is 1.68. The lowest BCUT2D eigenvalue weighted by molar-refractivity contribution is -0.145. The first-order chi connectivity index (χ1) is 13.3. The van der Waals surface area contributed by atoms with E-state index < -0.39 is 6.10 Å². The fraction of sp³-hybridized carbons (Fsp3) is 0.333. The fourth-order valence-corrected chi connectivity index (χ4v) is 4.93. The minimum atomic E-state index is -0.602. The van der Waals surface area contributed by atoms with Crippen LogP contribution in [0.15, 0.2) is 48.5 Å². The normalized spacial score (nSPS) is 22.0. The molecule has 0 aliphatic carbocycles. The first-order valence-corrected chi connectivity index (χ1v) is 10.2. The lowest BCUT2D eigenvalue weighted by Crippen LogP contribution is -2.49. The molecule has 3 heterocycles. The van der Waals surface area contributed by atoms with Crippen molar-refractivity contribution in [2.24, 2.45) is 0 Å². The summed E-state index contributed by atoms with van der Waals surface area (Å²) < 4.78 is 12.9. The molecule has 2 atom stereocenters. The van der Waals surface area contributed by atoms with Gasteiger partial charge in [0.1, 0.15) is 11.6 Å². The van der Waals surface area contributed by atoms with Gasteiger partial charge in [0.05, 0.1) is 16.3 Å². The number of nitrogens with zero attached hydrogens (tertiary/aromatic N) is 2. The van der Waals surface area contributed by atoms with Crippen molar-refractivity contribution in [1.29, 1.82) is 0 Å². The number of hydrogen-bond donors (Lipinski definition) is 0. The Labute approximate surface area is 161 Å². The van der Waals surface area contributed by atoms with Crippen molar-refractivity contribution < 1.29 is 14.3 Å². The van der Waals surface area contributed by atoms with Crippen molar-refractivity contribution in [3.05, 3.63) is 53.5 Å². The summed E-state index contributed by atoms with van der Waals surface area (Å²) in [7, 11) is 0. The van der Waals surface area contributed by atoms with Crippen LogP contribution < -0.4 is 9.47 Å². The maximum atomic E-state index is 13.3. The number of benzene rings is 2. The molecule has 1 amide bonds. The molecule has 2 aromatic carbocycles. The molecule has 1 aromatic heterocycles. The Hall–Kier alpha value is -2.60. The molecule has 2 unspecified atom stereocenters. The number of rotatable bonds is 2. The number of carbonyl (C=O) groups excluding carboxylic acids is 1. The van der Waals surface area contributed by atoms with Crippen LogP contribution in [-0.4, -0.2) is 35.0 Å². The van der Waals surface area contributed by atoms with Gasteiger partial charge < -0.3 is 14.4 Å². The smallest absolute Gasteiger partial charge is 0.267 e. The van der Waals surface area contributed by atoms with E-state index in [0.717, 1.165) is 41.0 Å². The highest BCUT2D eigenvalue weighted by molar-refractivity contribution is 7.18. The Kier molecular flexibility index (Phi) is 4.20. The Bertz CT molecular complexity index is 953. The van der Waals surface area contributed by atoms with E-state index in [0.29, 0.717) is 11.5 Å². The average molecular weight is 380 g/mol. The number of likely N-dealkylation sites (tertiary alicyclic amines) is 1. The average Bonchev–Trinajstić information content (AvgIpc) is 3.17. The first kappa shape index (κ1) is 16.6. The van der Waals surface area contributed by atoms with E-state index in [2.05, 4.69) is 6.07 Å². The number of thiazole rings is 1. The maximum absolute atomic E-state index is 13.3. The van der Waals surface area contributed by atoms with Gasteiger partial charge in [-0.2, -0.15) is 0 Å². The molecule has 3 aromatic rings. The number of carbonyl (C=O) groups is 1. The quantitative estimate of drug-likeness (QED) is 0.669. The lowest BCUT2D eigenvalue weighted by Gasteiger charge is -2.37. The number of hydrogen-bond acceptors (Lipinski definition) is 5. The highest BCUT2D eigenvalue weighted by Crippen LogP contribution is 2.37. The van der Waals surface area contributed by atoms with Gasteiger partial charge in [-0.25, -0.2) is 4.98 Å². The highest BCUT2D eigenvalue weighted by Gasteiger charge is 2.37. The minimum Gasteiger partial charge on any atom is -0.485 e. The molecule has 0 radical (unpaired) electrons. The monoisotopic (exact) mass is 380 g/mol. The van der Waals surface area contributed by atoms with Crippen LogP contribution in [0.5, 0.6) is 11.5 Å². The largest absolute Gasteiger partial charge is 0.485 e. The van der Waals surface area contributed by atoms with Gasteiger partial charge in [0.25, 0.3) is 5.91 Å². The Balaban J connectivity index is 1.41.